The van der Waals surface area contributed by atoms with Crippen molar-refractivity contribution < 1.29 is 9.15 Å². The summed E-state index contributed by atoms with van der Waals surface area (Å²) in [4.78, 5) is 4.59. The molecular formula is C16H15NO2. The highest BCUT2D eigenvalue weighted by Crippen LogP contribution is 2.29. The lowest BCUT2D eigenvalue weighted by atomic mass is 10.1. The number of oxazole rings is 1. The molecule has 3 rings (SSSR count). The molecule has 0 aliphatic carbocycles. The van der Waals surface area contributed by atoms with Crippen LogP contribution >= 0.6 is 0 Å². The van der Waals surface area contributed by atoms with E-state index in [-0.39, 0.29) is 0 Å². The number of benzene rings is 2. The van der Waals surface area contributed by atoms with Gasteiger partial charge in [0.2, 0.25) is 5.89 Å². The monoisotopic (exact) mass is 253 g/mol. The molecule has 0 fully saturated rings. The number of nitrogens with zero attached hydrogens (tertiary/aromatic N) is 1. The molecule has 3 heteroatoms. The van der Waals surface area contributed by atoms with Crippen molar-refractivity contribution in [2.75, 3.05) is 7.11 Å². The molecule has 0 spiro atoms. The van der Waals surface area contributed by atoms with Crippen molar-refractivity contribution in [3.63, 3.8) is 0 Å². The van der Waals surface area contributed by atoms with E-state index in [4.69, 9.17) is 9.15 Å². The zero-order valence-electron chi connectivity index (χ0n) is 11.2. The molecule has 19 heavy (non-hydrogen) atoms. The van der Waals surface area contributed by atoms with E-state index in [0.717, 1.165) is 33.5 Å². The van der Waals surface area contributed by atoms with Crippen molar-refractivity contribution in [3.8, 4) is 17.2 Å². The Hall–Kier alpha value is -2.29. The molecule has 0 saturated heterocycles. The minimum atomic E-state index is 0.648. The third-order valence-corrected chi connectivity index (χ3v) is 3.28. The smallest absolute Gasteiger partial charge is 0.227 e. The van der Waals surface area contributed by atoms with Gasteiger partial charge in [-0.1, -0.05) is 12.1 Å². The number of fused-ring (bicyclic) bond motifs is 1. The Balaban J connectivity index is 2.14. The number of hydrogen-bond donors (Lipinski definition) is 0. The van der Waals surface area contributed by atoms with E-state index in [1.54, 1.807) is 7.11 Å². The maximum Gasteiger partial charge on any atom is 0.227 e. The van der Waals surface area contributed by atoms with Gasteiger partial charge < -0.3 is 9.15 Å². The van der Waals surface area contributed by atoms with Gasteiger partial charge in [0.15, 0.2) is 5.58 Å². The SMILES string of the molecule is COc1ccc(-c2nc3c(C)ccc(C)c3o2)cc1. The largest absolute Gasteiger partial charge is 0.497 e. The van der Waals surface area contributed by atoms with Crippen LogP contribution in [0.3, 0.4) is 0 Å². The normalized spacial score (nSPS) is 10.9. The van der Waals surface area contributed by atoms with Crippen LogP contribution in [0, 0.1) is 13.8 Å². The first-order valence-corrected chi connectivity index (χ1v) is 6.20. The van der Waals surface area contributed by atoms with Gasteiger partial charge in [-0.2, -0.15) is 0 Å². The summed E-state index contributed by atoms with van der Waals surface area (Å²) >= 11 is 0. The zero-order chi connectivity index (χ0) is 13.4. The third kappa shape index (κ3) is 1.97. The van der Waals surface area contributed by atoms with Crippen LogP contribution in [0.15, 0.2) is 40.8 Å². The van der Waals surface area contributed by atoms with Crippen LogP contribution < -0.4 is 4.74 Å². The van der Waals surface area contributed by atoms with Crippen LogP contribution in [0.5, 0.6) is 5.75 Å². The molecule has 1 heterocycles. The van der Waals surface area contributed by atoms with Gasteiger partial charge >= 0.3 is 0 Å². The van der Waals surface area contributed by atoms with E-state index in [9.17, 15) is 0 Å². The van der Waals surface area contributed by atoms with E-state index < -0.39 is 0 Å². The Bertz CT molecular complexity index is 687. The fourth-order valence-electron chi connectivity index (χ4n) is 2.12. The summed E-state index contributed by atoms with van der Waals surface area (Å²) in [6.45, 7) is 4.08. The maximum absolute atomic E-state index is 5.89. The highest BCUT2D eigenvalue weighted by molar-refractivity contribution is 5.82. The Morgan fingerprint density at radius 3 is 2.26 bits per heavy atom. The average molecular weight is 253 g/mol. The quantitative estimate of drug-likeness (QED) is 0.689. The molecule has 0 aliphatic heterocycles. The van der Waals surface area contributed by atoms with Gasteiger partial charge in [-0.05, 0) is 49.2 Å². The molecule has 0 radical (unpaired) electrons. The Kier molecular flexibility index (Phi) is 2.75. The van der Waals surface area contributed by atoms with Crippen molar-refractivity contribution in [3.05, 3.63) is 47.5 Å². The van der Waals surface area contributed by atoms with Crippen LogP contribution in [0.4, 0.5) is 0 Å². The lowest BCUT2D eigenvalue weighted by Crippen LogP contribution is -1.82. The topological polar surface area (TPSA) is 35.3 Å². The standard InChI is InChI=1S/C16H15NO2/c1-10-4-5-11(2)15-14(10)17-16(19-15)12-6-8-13(18-3)9-7-12/h4-9H,1-3H3. The molecule has 0 saturated carbocycles. The number of hydrogen-bond acceptors (Lipinski definition) is 3. The second-order valence-corrected chi connectivity index (χ2v) is 4.62. The van der Waals surface area contributed by atoms with E-state index in [2.05, 4.69) is 17.1 Å². The summed E-state index contributed by atoms with van der Waals surface area (Å²) in [5.41, 5.74) is 4.99. The zero-order valence-corrected chi connectivity index (χ0v) is 11.2. The van der Waals surface area contributed by atoms with Gasteiger partial charge in [0.05, 0.1) is 7.11 Å². The minimum Gasteiger partial charge on any atom is -0.497 e. The van der Waals surface area contributed by atoms with Gasteiger partial charge in [-0.15, -0.1) is 0 Å². The molecule has 2 aromatic carbocycles. The maximum atomic E-state index is 5.89. The lowest BCUT2D eigenvalue weighted by Gasteiger charge is -1.99. The van der Waals surface area contributed by atoms with Crippen LogP contribution in [0.2, 0.25) is 0 Å². The summed E-state index contributed by atoms with van der Waals surface area (Å²) in [5, 5.41) is 0. The summed E-state index contributed by atoms with van der Waals surface area (Å²) in [6.07, 6.45) is 0. The molecule has 0 amide bonds. The molecule has 1 aromatic heterocycles. The molecule has 3 nitrogen and oxygen atoms in total. The van der Waals surface area contributed by atoms with Gasteiger partial charge in [0.1, 0.15) is 11.3 Å². The lowest BCUT2D eigenvalue weighted by molar-refractivity contribution is 0.415. The fraction of sp³-hybridized carbons (Fsp3) is 0.188. The molecule has 0 atom stereocenters. The third-order valence-electron chi connectivity index (χ3n) is 3.28. The van der Waals surface area contributed by atoms with E-state index in [1.165, 1.54) is 0 Å². The van der Waals surface area contributed by atoms with Gasteiger partial charge in [-0.3, -0.25) is 0 Å². The average Bonchev–Trinajstić information content (AvgIpc) is 2.89. The van der Waals surface area contributed by atoms with Crippen molar-refractivity contribution >= 4 is 11.1 Å². The van der Waals surface area contributed by atoms with Crippen LogP contribution in [-0.4, -0.2) is 12.1 Å². The molecule has 0 N–H and O–H groups in total. The number of aryl methyl sites for hydroxylation is 2. The molecule has 0 bridgehead atoms. The summed E-state index contributed by atoms with van der Waals surface area (Å²) < 4.78 is 11.0. The second-order valence-electron chi connectivity index (χ2n) is 4.62. The molecule has 0 aliphatic rings. The van der Waals surface area contributed by atoms with Crippen LogP contribution in [0.1, 0.15) is 11.1 Å². The van der Waals surface area contributed by atoms with Crippen molar-refractivity contribution in [2.45, 2.75) is 13.8 Å². The Labute approximate surface area is 111 Å². The highest BCUT2D eigenvalue weighted by Gasteiger charge is 2.11. The van der Waals surface area contributed by atoms with Crippen molar-refractivity contribution in [1.29, 1.82) is 0 Å². The minimum absolute atomic E-state index is 0.648. The molecule has 96 valence electrons. The number of aromatic nitrogens is 1. The summed E-state index contributed by atoms with van der Waals surface area (Å²) in [7, 11) is 1.65. The number of rotatable bonds is 2. The Morgan fingerprint density at radius 1 is 0.947 bits per heavy atom. The van der Waals surface area contributed by atoms with Crippen LogP contribution in [-0.2, 0) is 0 Å². The predicted octanol–water partition coefficient (Wildman–Crippen LogP) is 4.12. The Morgan fingerprint density at radius 2 is 1.63 bits per heavy atom. The van der Waals surface area contributed by atoms with E-state index >= 15 is 0 Å². The molecule has 0 unspecified atom stereocenters. The predicted molar refractivity (Wildman–Crippen MR) is 75.5 cm³/mol. The first-order chi connectivity index (χ1) is 9.19. The molecule has 3 aromatic rings. The van der Waals surface area contributed by atoms with Crippen molar-refractivity contribution in [1.82, 2.24) is 4.98 Å². The number of ether oxygens (including phenoxy) is 1. The number of methoxy groups -OCH3 is 1. The van der Waals surface area contributed by atoms with Crippen molar-refractivity contribution in [2.24, 2.45) is 0 Å². The highest BCUT2D eigenvalue weighted by atomic mass is 16.5. The van der Waals surface area contributed by atoms with E-state index in [1.807, 2.05) is 38.1 Å². The fourth-order valence-corrected chi connectivity index (χ4v) is 2.12. The summed E-state index contributed by atoms with van der Waals surface area (Å²) in [5.74, 6) is 1.47. The summed E-state index contributed by atoms with van der Waals surface area (Å²) in [6, 6.07) is 11.8. The van der Waals surface area contributed by atoms with Crippen LogP contribution in [0.25, 0.3) is 22.6 Å². The van der Waals surface area contributed by atoms with Gasteiger partial charge in [0.25, 0.3) is 0 Å². The first kappa shape index (κ1) is 11.8. The van der Waals surface area contributed by atoms with E-state index in [0.29, 0.717) is 5.89 Å². The first-order valence-electron chi connectivity index (χ1n) is 6.20. The molecular weight excluding hydrogens is 238 g/mol. The second kappa shape index (κ2) is 4.43. The van der Waals surface area contributed by atoms with Gasteiger partial charge in [0, 0.05) is 5.56 Å². The van der Waals surface area contributed by atoms with Gasteiger partial charge in [-0.25, -0.2) is 4.98 Å².